The van der Waals surface area contributed by atoms with Gasteiger partial charge in [-0.05, 0) is 76.3 Å². The number of carbonyl (C=O) groups excluding carboxylic acids is 2. The lowest BCUT2D eigenvalue weighted by atomic mass is 9.97. The van der Waals surface area contributed by atoms with Crippen molar-refractivity contribution in [3.8, 4) is 0 Å². The third-order valence-electron chi connectivity index (χ3n) is 5.02. The monoisotopic (exact) mass is 346 g/mol. The van der Waals surface area contributed by atoms with E-state index in [1.54, 1.807) is 0 Å². The number of carbonyl (C=O) groups is 2. The molecular formula is C20H30N2O3. The molecule has 2 heterocycles. The molecular weight excluding hydrogens is 316 g/mol. The zero-order valence-corrected chi connectivity index (χ0v) is 15.6. The van der Waals surface area contributed by atoms with E-state index in [0.29, 0.717) is 18.3 Å². The number of ether oxygens (including phenoxy) is 1. The van der Waals surface area contributed by atoms with Crippen LogP contribution in [0, 0.1) is 5.92 Å². The van der Waals surface area contributed by atoms with Crippen LogP contribution in [-0.4, -0.2) is 40.5 Å². The molecule has 5 nitrogen and oxygen atoms in total. The highest BCUT2D eigenvalue weighted by Crippen LogP contribution is 2.41. The van der Waals surface area contributed by atoms with E-state index in [1.807, 2.05) is 37.9 Å². The second kappa shape index (κ2) is 7.22. The summed E-state index contributed by atoms with van der Waals surface area (Å²) in [5.74, 6) is 0.860. The molecule has 1 aromatic heterocycles. The number of amides is 1. The van der Waals surface area contributed by atoms with Gasteiger partial charge in [-0.15, -0.1) is 0 Å². The van der Waals surface area contributed by atoms with Crippen molar-refractivity contribution in [3.63, 3.8) is 0 Å². The number of hydrogen-bond acceptors (Lipinski definition) is 3. The van der Waals surface area contributed by atoms with Gasteiger partial charge in [0, 0.05) is 25.7 Å². The van der Waals surface area contributed by atoms with E-state index in [1.165, 1.54) is 18.4 Å². The second-order valence-electron chi connectivity index (χ2n) is 8.46. The van der Waals surface area contributed by atoms with Crippen molar-refractivity contribution >= 4 is 11.9 Å². The van der Waals surface area contributed by atoms with Gasteiger partial charge >= 0.3 is 5.97 Å². The molecule has 2 fully saturated rings. The minimum Gasteiger partial charge on any atom is -0.460 e. The van der Waals surface area contributed by atoms with Gasteiger partial charge in [0.15, 0.2) is 0 Å². The van der Waals surface area contributed by atoms with Gasteiger partial charge in [0.05, 0.1) is 0 Å². The van der Waals surface area contributed by atoms with E-state index in [2.05, 4.69) is 4.98 Å². The molecule has 1 aliphatic carbocycles. The molecule has 0 bridgehead atoms. The van der Waals surface area contributed by atoms with E-state index in [0.717, 1.165) is 38.0 Å². The van der Waals surface area contributed by atoms with Gasteiger partial charge in [-0.1, -0.05) is 0 Å². The van der Waals surface area contributed by atoms with Gasteiger partial charge in [-0.25, -0.2) is 0 Å². The van der Waals surface area contributed by atoms with Gasteiger partial charge in [-0.2, -0.15) is 0 Å². The van der Waals surface area contributed by atoms with Crippen LogP contribution in [0.2, 0.25) is 0 Å². The van der Waals surface area contributed by atoms with Crippen molar-refractivity contribution in [2.45, 2.75) is 70.8 Å². The molecule has 1 unspecified atom stereocenters. The standard InChI is InChI=1S/C20H30N2O3/c1-20(2,3)25-17(23)13-14-5-4-11-22(12-9-14)19(24)18-16(8-10-21-18)15-6-7-15/h8,10,14-15,21H,4-7,9,11-13H2,1-3H3. The van der Waals surface area contributed by atoms with E-state index in [4.69, 9.17) is 4.74 Å². The number of H-pyrrole nitrogens is 1. The quantitative estimate of drug-likeness (QED) is 0.842. The van der Waals surface area contributed by atoms with Crippen molar-refractivity contribution in [1.29, 1.82) is 0 Å². The van der Waals surface area contributed by atoms with E-state index >= 15 is 0 Å². The Morgan fingerprint density at radius 2 is 1.96 bits per heavy atom. The number of nitrogens with one attached hydrogen (secondary N) is 1. The maximum absolute atomic E-state index is 12.9. The molecule has 1 amide bonds. The zero-order valence-electron chi connectivity index (χ0n) is 15.6. The molecule has 1 saturated heterocycles. The van der Waals surface area contributed by atoms with Crippen molar-refractivity contribution in [3.05, 3.63) is 23.5 Å². The summed E-state index contributed by atoms with van der Waals surface area (Å²) in [5.41, 5.74) is 1.52. The lowest BCUT2D eigenvalue weighted by molar-refractivity contribution is -0.156. The summed E-state index contributed by atoms with van der Waals surface area (Å²) in [6.07, 6.45) is 7.50. The Bertz CT molecular complexity index is 625. The number of hydrogen-bond donors (Lipinski definition) is 1. The predicted octanol–water partition coefficient (Wildman–Crippen LogP) is 3.87. The highest BCUT2D eigenvalue weighted by atomic mass is 16.6. The van der Waals surface area contributed by atoms with Gasteiger partial charge in [0.25, 0.3) is 5.91 Å². The molecule has 3 rings (SSSR count). The summed E-state index contributed by atoms with van der Waals surface area (Å²) in [6, 6.07) is 2.05. The van der Waals surface area contributed by atoms with Crippen LogP contribution in [0.25, 0.3) is 0 Å². The van der Waals surface area contributed by atoms with Crippen LogP contribution in [0.1, 0.15) is 81.3 Å². The summed E-state index contributed by atoms with van der Waals surface area (Å²) in [7, 11) is 0. The van der Waals surface area contributed by atoms with E-state index in [9.17, 15) is 9.59 Å². The number of nitrogens with zero attached hydrogens (tertiary/aromatic N) is 1. The van der Waals surface area contributed by atoms with E-state index < -0.39 is 5.60 Å². The summed E-state index contributed by atoms with van der Waals surface area (Å²) in [6.45, 7) is 7.17. The number of aromatic nitrogens is 1. The molecule has 1 atom stereocenters. The Morgan fingerprint density at radius 1 is 1.20 bits per heavy atom. The van der Waals surface area contributed by atoms with Crippen LogP contribution in [0.15, 0.2) is 12.3 Å². The highest BCUT2D eigenvalue weighted by molar-refractivity contribution is 5.94. The Labute approximate surface area is 150 Å². The first kappa shape index (κ1) is 18.0. The zero-order chi connectivity index (χ0) is 18.0. The maximum atomic E-state index is 12.9. The van der Waals surface area contributed by atoms with Crippen molar-refractivity contribution < 1.29 is 14.3 Å². The summed E-state index contributed by atoms with van der Waals surface area (Å²) in [4.78, 5) is 30.0. The van der Waals surface area contributed by atoms with Crippen molar-refractivity contribution in [2.24, 2.45) is 5.92 Å². The number of esters is 1. The molecule has 1 saturated carbocycles. The summed E-state index contributed by atoms with van der Waals surface area (Å²) in [5, 5.41) is 0. The molecule has 1 aliphatic heterocycles. The fourth-order valence-electron chi connectivity index (χ4n) is 3.65. The predicted molar refractivity (Wildman–Crippen MR) is 96.5 cm³/mol. The van der Waals surface area contributed by atoms with E-state index in [-0.39, 0.29) is 11.9 Å². The largest absolute Gasteiger partial charge is 0.460 e. The fourth-order valence-corrected chi connectivity index (χ4v) is 3.65. The molecule has 2 aliphatic rings. The number of rotatable bonds is 4. The smallest absolute Gasteiger partial charge is 0.306 e. The minimum absolute atomic E-state index is 0.116. The topological polar surface area (TPSA) is 62.4 Å². The van der Waals surface area contributed by atoms with Crippen molar-refractivity contribution in [2.75, 3.05) is 13.1 Å². The number of likely N-dealkylation sites (tertiary alicyclic amines) is 1. The molecule has 0 radical (unpaired) electrons. The average Bonchev–Trinajstić information content (AvgIpc) is 3.28. The lowest BCUT2D eigenvalue weighted by Gasteiger charge is -2.22. The minimum atomic E-state index is -0.434. The van der Waals surface area contributed by atoms with Crippen LogP contribution < -0.4 is 0 Å². The van der Waals surface area contributed by atoms with Gasteiger partial charge < -0.3 is 14.6 Å². The maximum Gasteiger partial charge on any atom is 0.306 e. The van der Waals surface area contributed by atoms with Crippen LogP contribution in [-0.2, 0) is 9.53 Å². The van der Waals surface area contributed by atoms with Gasteiger partial charge in [-0.3, -0.25) is 9.59 Å². The third kappa shape index (κ3) is 4.86. The Hall–Kier alpha value is -1.78. The second-order valence-corrected chi connectivity index (χ2v) is 8.46. The normalized spacial score (nSPS) is 21.7. The lowest BCUT2D eigenvalue weighted by Crippen LogP contribution is -2.33. The molecule has 25 heavy (non-hydrogen) atoms. The fraction of sp³-hybridized carbons (Fsp3) is 0.700. The molecule has 0 spiro atoms. The molecule has 5 heteroatoms. The Balaban J connectivity index is 1.55. The first-order valence-corrected chi connectivity index (χ1v) is 9.52. The summed E-state index contributed by atoms with van der Waals surface area (Å²) >= 11 is 0. The van der Waals surface area contributed by atoms with Gasteiger partial charge in [0.2, 0.25) is 0 Å². The first-order valence-electron chi connectivity index (χ1n) is 9.52. The first-order chi connectivity index (χ1) is 11.8. The highest BCUT2D eigenvalue weighted by Gasteiger charge is 2.31. The van der Waals surface area contributed by atoms with Crippen LogP contribution in [0.5, 0.6) is 0 Å². The Kier molecular flexibility index (Phi) is 5.21. The van der Waals surface area contributed by atoms with Gasteiger partial charge in [0.1, 0.15) is 11.3 Å². The molecule has 1 aromatic rings. The SMILES string of the molecule is CC(C)(C)OC(=O)CC1CCCN(C(=O)c2[nH]ccc2C2CC2)CC1. The average molecular weight is 346 g/mol. The molecule has 1 N–H and O–H groups in total. The molecule has 0 aromatic carbocycles. The van der Waals surface area contributed by atoms with Crippen LogP contribution in [0.3, 0.4) is 0 Å². The van der Waals surface area contributed by atoms with Crippen molar-refractivity contribution in [1.82, 2.24) is 9.88 Å². The van der Waals surface area contributed by atoms with Crippen LogP contribution >= 0.6 is 0 Å². The summed E-state index contributed by atoms with van der Waals surface area (Å²) < 4.78 is 5.44. The third-order valence-corrected chi connectivity index (χ3v) is 5.02. The number of aromatic amines is 1. The Morgan fingerprint density at radius 3 is 2.64 bits per heavy atom. The van der Waals surface area contributed by atoms with Crippen LogP contribution in [0.4, 0.5) is 0 Å². The molecule has 138 valence electrons.